The molecule has 4 rings (SSSR count). The number of amides is 1. The molecule has 0 radical (unpaired) electrons. The Balaban J connectivity index is 1.29. The maximum absolute atomic E-state index is 11.5. The lowest BCUT2D eigenvalue weighted by Gasteiger charge is -2.40. The van der Waals surface area contributed by atoms with Crippen molar-refractivity contribution in [2.24, 2.45) is 0 Å². The maximum Gasteiger partial charge on any atom is 0.137 e. The molecule has 196 valence electrons. The molecule has 0 spiro atoms. The van der Waals surface area contributed by atoms with E-state index in [4.69, 9.17) is 14.2 Å². The van der Waals surface area contributed by atoms with Gasteiger partial charge in [-0.15, -0.1) is 0 Å². The minimum absolute atomic E-state index is 0.0983. The zero-order valence-corrected chi connectivity index (χ0v) is 21.7. The van der Waals surface area contributed by atoms with Gasteiger partial charge in [0.05, 0.1) is 32.5 Å². The zero-order valence-electron chi connectivity index (χ0n) is 21.7. The van der Waals surface area contributed by atoms with Crippen LogP contribution in [0.5, 0.6) is 5.75 Å². The SMILES string of the molecule is Cc1ccc(C)c(COC2CN(C(=O)[O-])CCC2c2ccc(OCCCOCc3ccccc3)cc2)c1. The molecule has 2 unspecified atom stereocenters. The Morgan fingerprint density at radius 2 is 1.76 bits per heavy atom. The van der Waals surface area contributed by atoms with Crippen molar-refractivity contribution in [1.82, 2.24) is 4.90 Å². The number of likely N-dealkylation sites (tertiary alicyclic amines) is 1. The summed E-state index contributed by atoms with van der Waals surface area (Å²) in [6, 6.07) is 24.5. The highest BCUT2D eigenvalue weighted by Gasteiger charge is 2.31. The molecule has 1 heterocycles. The molecule has 0 aromatic heterocycles. The Bertz CT molecular complexity index is 1130. The largest absolute Gasteiger partial charge is 0.530 e. The van der Waals surface area contributed by atoms with Crippen LogP contribution >= 0.6 is 0 Å². The molecular weight excluding hydrogens is 466 g/mol. The molecule has 3 aromatic carbocycles. The molecule has 6 heteroatoms. The molecule has 37 heavy (non-hydrogen) atoms. The Labute approximate surface area is 219 Å². The number of rotatable bonds is 11. The second-order valence-corrected chi connectivity index (χ2v) is 9.70. The van der Waals surface area contributed by atoms with Crippen LogP contribution in [0.4, 0.5) is 4.79 Å². The van der Waals surface area contributed by atoms with Gasteiger partial charge in [-0.05, 0) is 54.7 Å². The highest BCUT2D eigenvalue weighted by molar-refractivity contribution is 5.62. The molecule has 3 aromatic rings. The molecule has 1 aliphatic rings. The van der Waals surface area contributed by atoms with E-state index < -0.39 is 6.09 Å². The van der Waals surface area contributed by atoms with E-state index in [0.29, 0.717) is 45.9 Å². The van der Waals surface area contributed by atoms with Crippen LogP contribution in [0.1, 0.15) is 46.6 Å². The van der Waals surface area contributed by atoms with Crippen molar-refractivity contribution < 1.29 is 24.1 Å². The van der Waals surface area contributed by atoms with Crippen LogP contribution in [0.15, 0.2) is 72.8 Å². The van der Waals surface area contributed by atoms with Gasteiger partial charge < -0.3 is 29.0 Å². The van der Waals surface area contributed by atoms with E-state index >= 15 is 0 Å². The van der Waals surface area contributed by atoms with Crippen LogP contribution in [0, 0.1) is 13.8 Å². The second kappa shape index (κ2) is 13.3. The molecule has 0 bridgehead atoms. The number of hydrogen-bond acceptors (Lipinski definition) is 5. The molecule has 1 amide bonds. The lowest BCUT2D eigenvalue weighted by molar-refractivity contribution is -0.268. The summed E-state index contributed by atoms with van der Waals surface area (Å²) in [5.74, 6) is 0.910. The van der Waals surface area contributed by atoms with E-state index in [1.54, 1.807) is 0 Å². The number of hydrogen-bond donors (Lipinski definition) is 0. The molecule has 1 aliphatic heterocycles. The molecule has 0 aliphatic carbocycles. The number of carbonyl (C=O) groups excluding carboxylic acids is 1. The summed E-state index contributed by atoms with van der Waals surface area (Å²) in [6.45, 7) is 7.16. The van der Waals surface area contributed by atoms with E-state index in [9.17, 15) is 9.90 Å². The third-order valence-electron chi connectivity index (χ3n) is 6.90. The Hall–Kier alpha value is -3.35. The van der Waals surface area contributed by atoms with Gasteiger partial charge in [0.25, 0.3) is 0 Å². The fourth-order valence-electron chi connectivity index (χ4n) is 4.71. The Morgan fingerprint density at radius 3 is 2.51 bits per heavy atom. The fraction of sp³-hybridized carbons (Fsp3) is 0.387. The quantitative estimate of drug-likeness (QED) is 0.345. The number of piperidine rings is 1. The number of carboxylic acid groups (broad SMARTS) is 1. The van der Waals surface area contributed by atoms with Crippen LogP contribution in [-0.4, -0.2) is 43.4 Å². The molecule has 2 atom stereocenters. The summed E-state index contributed by atoms with van der Waals surface area (Å²) in [6.07, 6.45) is 0.102. The summed E-state index contributed by atoms with van der Waals surface area (Å²) in [7, 11) is 0. The summed E-state index contributed by atoms with van der Waals surface area (Å²) < 4.78 is 18.0. The topological polar surface area (TPSA) is 71.1 Å². The molecule has 1 fully saturated rings. The van der Waals surface area contributed by atoms with Crippen LogP contribution < -0.4 is 9.84 Å². The summed E-state index contributed by atoms with van der Waals surface area (Å²) in [5.41, 5.74) is 5.77. The van der Waals surface area contributed by atoms with Gasteiger partial charge in [-0.25, -0.2) is 0 Å². The summed E-state index contributed by atoms with van der Waals surface area (Å²) >= 11 is 0. The predicted octanol–water partition coefficient (Wildman–Crippen LogP) is 5.01. The molecular formula is C31H36NO5-. The first-order valence-corrected chi connectivity index (χ1v) is 13.0. The van der Waals surface area contributed by atoms with Crippen molar-refractivity contribution in [3.05, 3.63) is 101 Å². The first kappa shape index (κ1) is 26.7. The van der Waals surface area contributed by atoms with Crippen LogP contribution in [0.25, 0.3) is 0 Å². The smallest absolute Gasteiger partial charge is 0.137 e. The van der Waals surface area contributed by atoms with Crippen LogP contribution in [0.3, 0.4) is 0 Å². The first-order valence-electron chi connectivity index (χ1n) is 13.0. The highest BCUT2D eigenvalue weighted by Crippen LogP contribution is 2.32. The zero-order chi connectivity index (χ0) is 26.0. The van der Waals surface area contributed by atoms with Crippen LogP contribution in [0.2, 0.25) is 0 Å². The lowest BCUT2D eigenvalue weighted by Crippen LogP contribution is -2.51. The van der Waals surface area contributed by atoms with Crippen molar-refractivity contribution in [1.29, 1.82) is 0 Å². The number of carbonyl (C=O) groups is 1. The Morgan fingerprint density at radius 1 is 0.973 bits per heavy atom. The van der Waals surface area contributed by atoms with E-state index in [1.807, 2.05) is 30.3 Å². The average Bonchev–Trinajstić information content (AvgIpc) is 2.92. The van der Waals surface area contributed by atoms with Gasteiger partial charge in [-0.2, -0.15) is 0 Å². The van der Waals surface area contributed by atoms with E-state index in [1.165, 1.54) is 21.6 Å². The van der Waals surface area contributed by atoms with Gasteiger partial charge in [0.2, 0.25) is 0 Å². The Kier molecular flexibility index (Phi) is 9.58. The minimum Gasteiger partial charge on any atom is -0.530 e. The van der Waals surface area contributed by atoms with Gasteiger partial charge in [0.1, 0.15) is 11.8 Å². The summed E-state index contributed by atoms with van der Waals surface area (Å²) in [5, 5.41) is 11.5. The van der Waals surface area contributed by atoms with Crippen molar-refractivity contribution in [2.75, 3.05) is 26.3 Å². The normalized spacial score (nSPS) is 17.5. The van der Waals surface area contributed by atoms with Gasteiger partial charge in [-0.1, -0.05) is 66.2 Å². The van der Waals surface area contributed by atoms with Crippen molar-refractivity contribution >= 4 is 6.09 Å². The number of aryl methyl sites for hydroxylation is 2. The highest BCUT2D eigenvalue weighted by atomic mass is 16.5. The van der Waals surface area contributed by atoms with E-state index in [-0.39, 0.29) is 12.0 Å². The second-order valence-electron chi connectivity index (χ2n) is 9.70. The fourth-order valence-corrected chi connectivity index (χ4v) is 4.71. The molecule has 1 saturated heterocycles. The lowest BCUT2D eigenvalue weighted by atomic mass is 9.87. The predicted molar refractivity (Wildman–Crippen MR) is 141 cm³/mol. The molecule has 6 nitrogen and oxygen atoms in total. The molecule has 0 N–H and O–H groups in total. The number of nitrogens with zero attached hydrogens (tertiary/aromatic N) is 1. The van der Waals surface area contributed by atoms with E-state index in [0.717, 1.165) is 23.3 Å². The summed E-state index contributed by atoms with van der Waals surface area (Å²) in [4.78, 5) is 12.9. The molecule has 0 saturated carbocycles. The minimum atomic E-state index is -1.14. The third kappa shape index (κ3) is 7.81. The van der Waals surface area contributed by atoms with Gasteiger partial charge >= 0.3 is 0 Å². The van der Waals surface area contributed by atoms with Crippen molar-refractivity contribution in [2.45, 2.75) is 51.9 Å². The van der Waals surface area contributed by atoms with Crippen molar-refractivity contribution in [3.8, 4) is 5.75 Å². The standard InChI is InChI=1S/C31H37NO5/c1-23-9-10-24(2)27(19-23)22-37-30-20-32(31(33)34)16-15-29(30)26-11-13-28(14-12-26)36-18-6-17-35-21-25-7-4-3-5-8-25/h3-5,7-14,19,29-30H,6,15-18,20-22H2,1-2H3,(H,33,34)/p-1. The van der Waals surface area contributed by atoms with Crippen LogP contribution in [-0.2, 0) is 22.7 Å². The third-order valence-corrected chi connectivity index (χ3v) is 6.90. The van der Waals surface area contributed by atoms with Gasteiger partial charge in [0.15, 0.2) is 0 Å². The maximum atomic E-state index is 11.5. The average molecular weight is 503 g/mol. The number of ether oxygens (including phenoxy) is 3. The van der Waals surface area contributed by atoms with E-state index in [2.05, 4.69) is 56.3 Å². The number of benzene rings is 3. The first-order chi connectivity index (χ1) is 18.0. The van der Waals surface area contributed by atoms with Gasteiger partial charge in [-0.3, -0.25) is 0 Å². The van der Waals surface area contributed by atoms with Gasteiger partial charge in [0, 0.05) is 25.4 Å². The van der Waals surface area contributed by atoms with Crippen molar-refractivity contribution in [3.63, 3.8) is 0 Å². The monoisotopic (exact) mass is 502 g/mol.